The topological polar surface area (TPSA) is 64.3 Å². The van der Waals surface area contributed by atoms with Gasteiger partial charge >= 0.3 is 5.97 Å². The summed E-state index contributed by atoms with van der Waals surface area (Å²) in [5.74, 6) is -0.759. The van der Waals surface area contributed by atoms with Crippen molar-refractivity contribution < 1.29 is 9.90 Å². The van der Waals surface area contributed by atoms with Gasteiger partial charge in [0.2, 0.25) is 0 Å². The van der Waals surface area contributed by atoms with Crippen molar-refractivity contribution in [1.29, 1.82) is 5.26 Å². The number of hydrogen-bond donors (Lipinski definition) is 1. The summed E-state index contributed by atoms with van der Waals surface area (Å²) in [6.07, 6.45) is 2.15. The Balaban J connectivity index is 2.34. The van der Waals surface area contributed by atoms with Gasteiger partial charge in [-0.3, -0.25) is 4.90 Å². The van der Waals surface area contributed by atoms with E-state index in [4.69, 9.17) is 10.4 Å². The van der Waals surface area contributed by atoms with Gasteiger partial charge in [-0.2, -0.15) is 5.26 Å². The van der Waals surface area contributed by atoms with Crippen LogP contribution in [0.5, 0.6) is 0 Å². The molecule has 0 aromatic carbocycles. The molecule has 2 saturated heterocycles. The number of nitrogens with zero attached hydrogens (tertiary/aromatic N) is 2. The summed E-state index contributed by atoms with van der Waals surface area (Å²) in [4.78, 5) is 13.0. The lowest BCUT2D eigenvalue weighted by molar-refractivity contribution is -0.132. The molecule has 2 rings (SSSR count). The maximum absolute atomic E-state index is 10.8. The fourth-order valence-corrected chi connectivity index (χ4v) is 2.39. The highest BCUT2D eigenvalue weighted by Crippen LogP contribution is 2.33. The van der Waals surface area contributed by atoms with Crippen molar-refractivity contribution >= 4 is 5.97 Å². The van der Waals surface area contributed by atoms with Crippen LogP contribution >= 0.6 is 0 Å². The van der Waals surface area contributed by atoms with Crippen LogP contribution in [-0.4, -0.2) is 35.6 Å². The highest BCUT2D eigenvalue weighted by molar-refractivity contribution is 5.92. The molecule has 0 spiro atoms. The van der Waals surface area contributed by atoms with Gasteiger partial charge in [-0.05, 0) is 30.9 Å². The van der Waals surface area contributed by atoms with Gasteiger partial charge in [-0.15, -0.1) is 0 Å². The maximum atomic E-state index is 10.8. The smallest absolute Gasteiger partial charge is 0.346 e. The van der Waals surface area contributed by atoms with Crippen LogP contribution in [0.25, 0.3) is 0 Å². The molecule has 1 N–H and O–H groups in total. The highest BCUT2D eigenvalue weighted by atomic mass is 16.4. The normalized spacial score (nSPS) is 33.6. The fraction of sp³-hybridized carbons (Fsp3) is 0.600. The van der Waals surface area contributed by atoms with E-state index in [0.29, 0.717) is 12.5 Å². The lowest BCUT2D eigenvalue weighted by Gasteiger charge is -2.20. The maximum Gasteiger partial charge on any atom is 0.346 e. The van der Waals surface area contributed by atoms with Crippen LogP contribution in [0, 0.1) is 17.2 Å². The van der Waals surface area contributed by atoms with E-state index in [2.05, 4.69) is 4.90 Å². The van der Waals surface area contributed by atoms with Gasteiger partial charge in [0.05, 0.1) is 0 Å². The van der Waals surface area contributed by atoms with Crippen molar-refractivity contribution in [3.05, 3.63) is 11.1 Å². The molecule has 2 aliphatic rings. The molecule has 0 aromatic rings. The van der Waals surface area contributed by atoms with E-state index in [0.717, 1.165) is 31.5 Å². The van der Waals surface area contributed by atoms with Crippen molar-refractivity contribution in [1.82, 2.24) is 4.90 Å². The quantitative estimate of drug-likeness (QED) is 0.488. The predicted octanol–water partition coefficient (Wildman–Crippen LogP) is 0.617. The molecule has 0 saturated carbocycles. The van der Waals surface area contributed by atoms with E-state index >= 15 is 0 Å². The summed E-state index contributed by atoms with van der Waals surface area (Å²) in [6, 6.07) is 1.81. The number of nitriles is 1. The summed E-state index contributed by atoms with van der Waals surface area (Å²) >= 11 is 0. The number of fused-ring (bicyclic) bond motifs is 2. The third-order valence-corrected chi connectivity index (χ3v) is 3.04. The zero-order valence-electron chi connectivity index (χ0n) is 7.86. The molecule has 2 bridgehead atoms. The number of aliphatic carboxylic acids is 1. The molecule has 14 heavy (non-hydrogen) atoms. The molecule has 0 amide bonds. The molecule has 4 heteroatoms. The predicted molar refractivity (Wildman–Crippen MR) is 49.4 cm³/mol. The van der Waals surface area contributed by atoms with Gasteiger partial charge in [0.1, 0.15) is 11.6 Å². The van der Waals surface area contributed by atoms with E-state index < -0.39 is 5.97 Å². The molecule has 0 radical (unpaired) electrons. The first kappa shape index (κ1) is 9.22. The van der Waals surface area contributed by atoms with Crippen LogP contribution in [0.4, 0.5) is 0 Å². The number of carbonyl (C=O) groups is 1. The standard InChI is InChI=1S/C10H12N2O2/c11-4-8(10(13)14)9-6-12-3-1-2-7(9)5-12/h7H,1-3,5-6H2,(H,13,14)/b9-8-. The van der Waals surface area contributed by atoms with Crippen LogP contribution in [0.1, 0.15) is 12.8 Å². The van der Waals surface area contributed by atoms with Crippen molar-refractivity contribution in [3.8, 4) is 6.07 Å². The third-order valence-electron chi connectivity index (χ3n) is 3.04. The van der Waals surface area contributed by atoms with Gasteiger partial charge in [0.25, 0.3) is 0 Å². The van der Waals surface area contributed by atoms with E-state index in [-0.39, 0.29) is 5.57 Å². The first-order valence-electron chi connectivity index (χ1n) is 4.81. The number of rotatable bonds is 1. The summed E-state index contributed by atoms with van der Waals surface area (Å²) in [5, 5.41) is 17.6. The number of piperidine rings is 1. The average molecular weight is 192 g/mol. The highest BCUT2D eigenvalue weighted by Gasteiger charge is 2.34. The lowest BCUT2D eigenvalue weighted by atomic mass is 9.93. The van der Waals surface area contributed by atoms with Crippen LogP contribution in [0.2, 0.25) is 0 Å². The van der Waals surface area contributed by atoms with E-state index in [9.17, 15) is 4.79 Å². The third kappa shape index (κ3) is 1.40. The molecule has 2 aliphatic heterocycles. The summed E-state index contributed by atoms with van der Waals surface area (Å²) in [7, 11) is 0. The number of carboxylic acid groups (broad SMARTS) is 1. The average Bonchev–Trinajstić information content (AvgIpc) is 2.43. The van der Waals surface area contributed by atoms with Gasteiger partial charge in [-0.1, -0.05) is 0 Å². The lowest BCUT2D eigenvalue weighted by Crippen LogP contribution is -2.25. The van der Waals surface area contributed by atoms with Gasteiger partial charge < -0.3 is 5.11 Å². The molecule has 0 aromatic heterocycles. The Hall–Kier alpha value is -1.34. The van der Waals surface area contributed by atoms with Gasteiger partial charge in [0.15, 0.2) is 0 Å². The minimum Gasteiger partial charge on any atom is -0.477 e. The summed E-state index contributed by atoms with van der Waals surface area (Å²) in [6.45, 7) is 2.66. The molecule has 2 atom stereocenters. The molecule has 74 valence electrons. The number of hydrogen-bond acceptors (Lipinski definition) is 3. The number of carboxylic acids is 1. The first-order valence-corrected chi connectivity index (χ1v) is 4.81. The monoisotopic (exact) mass is 192 g/mol. The Labute approximate surface area is 82.4 Å². The van der Waals surface area contributed by atoms with Crippen LogP contribution < -0.4 is 0 Å². The first-order chi connectivity index (χ1) is 6.72. The van der Waals surface area contributed by atoms with E-state index in [1.165, 1.54) is 0 Å². The SMILES string of the molecule is N#C/C(C(=O)O)=C1\CN2CCCC1C2. The van der Waals surface area contributed by atoms with E-state index in [1.54, 1.807) is 0 Å². The molecule has 2 unspecified atom stereocenters. The van der Waals surface area contributed by atoms with Crippen molar-refractivity contribution in [3.63, 3.8) is 0 Å². The van der Waals surface area contributed by atoms with Gasteiger partial charge in [-0.25, -0.2) is 4.79 Å². The fourth-order valence-electron chi connectivity index (χ4n) is 2.39. The molecule has 2 fully saturated rings. The van der Waals surface area contributed by atoms with Crippen LogP contribution in [0.15, 0.2) is 11.1 Å². The Kier molecular flexibility index (Phi) is 2.26. The van der Waals surface area contributed by atoms with Crippen LogP contribution in [-0.2, 0) is 4.79 Å². The second-order valence-electron chi connectivity index (χ2n) is 3.89. The molecular formula is C10H12N2O2. The Morgan fingerprint density at radius 1 is 1.64 bits per heavy atom. The van der Waals surface area contributed by atoms with Gasteiger partial charge in [0, 0.05) is 13.1 Å². The Bertz CT molecular complexity index is 341. The molecule has 2 heterocycles. The van der Waals surface area contributed by atoms with Crippen molar-refractivity contribution in [2.75, 3.05) is 19.6 Å². The van der Waals surface area contributed by atoms with Crippen molar-refractivity contribution in [2.45, 2.75) is 12.8 Å². The van der Waals surface area contributed by atoms with Crippen molar-refractivity contribution in [2.24, 2.45) is 5.92 Å². The van der Waals surface area contributed by atoms with Crippen LogP contribution in [0.3, 0.4) is 0 Å². The Morgan fingerprint density at radius 2 is 2.43 bits per heavy atom. The molecular weight excluding hydrogens is 180 g/mol. The molecule has 4 nitrogen and oxygen atoms in total. The minimum absolute atomic E-state index is 0.0283. The Morgan fingerprint density at radius 3 is 3.00 bits per heavy atom. The zero-order valence-corrected chi connectivity index (χ0v) is 7.86. The second-order valence-corrected chi connectivity index (χ2v) is 3.89. The summed E-state index contributed by atoms with van der Waals surface area (Å²) in [5.41, 5.74) is 0.817. The molecule has 0 aliphatic carbocycles. The largest absolute Gasteiger partial charge is 0.477 e. The zero-order chi connectivity index (χ0) is 10.1. The summed E-state index contributed by atoms with van der Waals surface area (Å²) < 4.78 is 0. The minimum atomic E-state index is -1.07. The second kappa shape index (κ2) is 3.43. The van der Waals surface area contributed by atoms with E-state index in [1.807, 2.05) is 6.07 Å².